The highest BCUT2D eigenvalue weighted by atomic mass is 32.2. The number of amides is 1. The number of ether oxygens (including phenoxy) is 2. The van der Waals surface area contributed by atoms with Crippen LogP contribution in [0.4, 0.5) is 14.5 Å². The molecule has 2 aromatic carbocycles. The number of nitrogens with one attached hydrogen (secondary N) is 2. The van der Waals surface area contributed by atoms with Crippen LogP contribution in [-0.4, -0.2) is 40.6 Å². The second kappa shape index (κ2) is 10.1. The number of carbonyl (C=O) groups is 2. The number of benzene rings is 2. The van der Waals surface area contributed by atoms with Crippen LogP contribution in [0.2, 0.25) is 0 Å². The average Bonchev–Trinajstić information content (AvgIpc) is 2.74. The van der Waals surface area contributed by atoms with Gasteiger partial charge in [0.15, 0.2) is 6.10 Å². The molecule has 11 heteroatoms. The Hall–Kier alpha value is -3.31. The Morgan fingerprint density at radius 1 is 1.13 bits per heavy atom. The Kier molecular flexibility index (Phi) is 7.83. The van der Waals surface area contributed by atoms with Gasteiger partial charge in [0.1, 0.15) is 22.3 Å². The van der Waals surface area contributed by atoms with Crippen molar-refractivity contribution < 1.29 is 36.3 Å². The number of methoxy groups -OCH3 is 1. The molecule has 0 fully saturated rings. The molecule has 0 aliphatic rings. The zero-order valence-electron chi connectivity index (χ0n) is 16.8. The Bertz CT molecular complexity index is 1120. The molecule has 2 aromatic rings. The van der Waals surface area contributed by atoms with Gasteiger partial charge >= 0.3 is 5.97 Å². The second-order valence-electron chi connectivity index (χ2n) is 6.14. The van der Waals surface area contributed by atoms with E-state index in [1.165, 1.54) is 45.4 Å². The molecule has 2 rings (SSSR count). The van der Waals surface area contributed by atoms with Crippen LogP contribution in [0.3, 0.4) is 0 Å². The number of hydrogen-bond acceptors (Lipinski definition) is 6. The average molecular weight is 454 g/mol. The summed E-state index contributed by atoms with van der Waals surface area (Å²) in [6.45, 7) is 1.25. The molecule has 1 amide bonds. The normalized spacial score (nSPS) is 12.4. The van der Waals surface area contributed by atoms with Crippen molar-refractivity contribution in [3.8, 4) is 5.75 Å². The summed E-state index contributed by atoms with van der Waals surface area (Å²) >= 11 is 0. The van der Waals surface area contributed by atoms with Crippen molar-refractivity contribution in [2.45, 2.75) is 17.9 Å². The molecule has 31 heavy (non-hydrogen) atoms. The highest BCUT2D eigenvalue weighted by molar-refractivity contribution is 7.89. The molecule has 2 N–H and O–H groups in total. The zero-order valence-corrected chi connectivity index (χ0v) is 17.6. The first-order valence-electron chi connectivity index (χ1n) is 8.83. The topological polar surface area (TPSA) is 111 Å². The van der Waals surface area contributed by atoms with E-state index in [9.17, 15) is 26.8 Å². The van der Waals surface area contributed by atoms with Crippen LogP contribution in [0, 0.1) is 11.6 Å². The maximum atomic E-state index is 13.6. The Labute approximate surface area is 177 Å². The lowest BCUT2D eigenvalue weighted by atomic mass is 10.2. The summed E-state index contributed by atoms with van der Waals surface area (Å²) in [5.74, 6) is -3.25. The van der Waals surface area contributed by atoms with Gasteiger partial charge in [-0.3, -0.25) is 4.79 Å². The molecule has 166 valence electrons. The lowest BCUT2D eigenvalue weighted by molar-refractivity contribution is -0.148. The van der Waals surface area contributed by atoms with Crippen LogP contribution in [-0.2, 0) is 24.3 Å². The van der Waals surface area contributed by atoms with Crippen molar-refractivity contribution >= 4 is 33.7 Å². The molecular weight excluding hydrogens is 434 g/mol. The van der Waals surface area contributed by atoms with Crippen molar-refractivity contribution in [2.75, 3.05) is 19.5 Å². The van der Waals surface area contributed by atoms with E-state index in [1.807, 2.05) is 0 Å². The van der Waals surface area contributed by atoms with E-state index in [4.69, 9.17) is 9.47 Å². The van der Waals surface area contributed by atoms with Gasteiger partial charge in [-0.25, -0.2) is 26.7 Å². The molecular formula is C20H20F2N2O6S. The predicted octanol–water partition coefficient (Wildman–Crippen LogP) is 2.47. The first-order chi connectivity index (χ1) is 14.6. The summed E-state index contributed by atoms with van der Waals surface area (Å²) in [4.78, 5) is 23.9. The molecule has 0 saturated carbocycles. The summed E-state index contributed by atoms with van der Waals surface area (Å²) in [6, 6.07) is 6.76. The predicted molar refractivity (Wildman–Crippen MR) is 109 cm³/mol. The van der Waals surface area contributed by atoms with Gasteiger partial charge in [0.2, 0.25) is 10.0 Å². The van der Waals surface area contributed by atoms with Crippen LogP contribution < -0.4 is 14.8 Å². The highest BCUT2D eigenvalue weighted by Gasteiger charge is 2.19. The number of hydrogen-bond donors (Lipinski definition) is 2. The van der Waals surface area contributed by atoms with E-state index >= 15 is 0 Å². The van der Waals surface area contributed by atoms with E-state index in [-0.39, 0.29) is 16.3 Å². The number of anilines is 1. The lowest BCUT2D eigenvalue weighted by Gasteiger charge is -2.13. The van der Waals surface area contributed by atoms with E-state index in [0.717, 1.165) is 24.3 Å². The first kappa shape index (κ1) is 24.0. The fourth-order valence-electron chi connectivity index (χ4n) is 2.38. The monoisotopic (exact) mass is 454 g/mol. The molecule has 0 saturated heterocycles. The number of carbonyl (C=O) groups excluding carboxylic acids is 2. The molecule has 0 aliphatic heterocycles. The van der Waals surface area contributed by atoms with Gasteiger partial charge < -0.3 is 14.8 Å². The van der Waals surface area contributed by atoms with Gasteiger partial charge in [-0.2, -0.15) is 0 Å². The van der Waals surface area contributed by atoms with Crippen molar-refractivity contribution in [3.63, 3.8) is 0 Å². The summed E-state index contributed by atoms with van der Waals surface area (Å²) < 4.78 is 63.1. The van der Waals surface area contributed by atoms with Crippen LogP contribution in [0.5, 0.6) is 5.75 Å². The molecule has 1 atom stereocenters. The van der Waals surface area contributed by atoms with Crippen LogP contribution in [0.1, 0.15) is 12.5 Å². The maximum absolute atomic E-state index is 13.6. The van der Waals surface area contributed by atoms with Crippen LogP contribution in [0.15, 0.2) is 47.4 Å². The minimum Gasteiger partial charge on any atom is -0.495 e. The number of halogens is 2. The molecule has 0 heterocycles. The maximum Gasteiger partial charge on any atom is 0.331 e. The van der Waals surface area contributed by atoms with Crippen LogP contribution >= 0.6 is 0 Å². The first-order valence-corrected chi connectivity index (χ1v) is 10.3. The highest BCUT2D eigenvalue weighted by Crippen LogP contribution is 2.25. The molecule has 8 nitrogen and oxygen atoms in total. The van der Waals surface area contributed by atoms with Gasteiger partial charge in [-0.15, -0.1) is 0 Å². The smallest absolute Gasteiger partial charge is 0.331 e. The SMILES string of the molecule is CNS(=O)(=O)c1cc(/C=C/C(=O)OC(C)C(=O)Nc2cc(F)ccc2F)ccc1OC. The molecule has 0 aliphatic carbocycles. The third kappa shape index (κ3) is 6.33. The number of rotatable bonds is 8. The Balaban J connectivity index is 2.07. The third-order valence-corrected chi connectivity index (χ3v) is 5.44. The summed E-state index contributed by atoms with van der Waals surface area (Å²) in [7, 11) is -1.24. The van der Waals surface area contributed by atoms with E-state index < -0.39 is 39.6 Å². The second-order valence-corrected chi connectivity index (χ2v) is 8.00. The third-order valence-electron chi connectivity index (χ3n) is 4.01. The summed E-state index contributed by atoms with van der Waals surface area (Å²) in [5, 5.41) is 2.13. The molecule has 0 bridgehead atoms. The van der Waals surface area contributed by atoms with Crippen molar-refractivity contribution in [1.29, 1.82) is 0 Å². The largest absolute Gasteiger partial charge is 0.495 e. The standard InChI is InChI=1S/C20H20F2N2O6S/c1-12(20(26)24-16-11-14(21)6-7-15(16)22)30-19(25)9-5-13-4-8-17(29-3)18(10-13)31(27,28)23-2/h4-12,23H,1-3H3,(H,24,26)/b9-5+. The van der Waals surface area contributed by atoms with Crippen molar-refractivity contribution in [3.05, 3.63) is 59.7 Å². The van der Waals surface area contributed by atoms with Crippen LogP contribution in [0.25, 0.3) is 6.08 Å². The lowest BCUT2D eigenvalue weighted by Crippen LogP contribution is -2.29. The van der Waals surface area contributed by atoms with Crippen molar-refractivity contribution in [1.82, 2.24) is 4.72 Å². The molecule has 0 spiro atoms. The van der Waals surface area contributed by atoms with E-state index in [2.05, 4.69) is 10.0 Å². The fraction of sp³-hybridized carbons (Fsp3) is 0.200. The number of esters is 1. The van der Waals surface area contributed by atoms with E-state index in [0.29, 0.717) is 5.56 Å². The Morgan fingerprint density at radius 2 is 1.84 bits per heavy atom. The van der Waals surface area contributed by atoms with Gasteiger partial charge in [0.05, 0.1) is 12.8 Å². The van der Waals surface area contributed by atoms with Gasteiger partial charge in [0, 0.05) is 12.1 Å². The fourth-order valence-corrected chi connectivity index (χ4v) is 3.30. The molecule has 0 radical (unpaired) electrons. The zero-order chi connectivity index (χ0) is 23.2. The van der Waals surface area contributed by atoms with Gasteiger partial charge in [0.25, 0.3) is 5.91 Å². The summed E-state index contributed by atoms with van der Waals surface area (Å²) in [6.07, 6.45) is 0.966. The van der Waals surface area contributed by atoms with E-state index in [1.54, 1.807) is 0 Å². The number of sulfonamides is 1. The minimum atomic E-state index is -3.80. The molecule has 1 unspecified atom stereocenters. The van der Waals surface area contributed by atoms with Crippen molar-refractivity contribution in [2.24, 2.45) is 0 Å². The Morgan fingerprint density at radius 3 is 2.48 bits per heavy atom. The summed E-state index contributed by atoms with van der Waals surface area (Å²) in [5.41, 5.74) is -0.0366. The minimum absolute atomic E-state index is 0.115. The van der Waals surface area contributed by atoms with Gasteiger partial charge in [-0.1, -0.05) is 6.07 Å². The van der Waals surface area contributed by atoms with Gasteiger partial charge in [-0.05, 0) is 49.9 Å². The molecule has 0 aromatic heterocycles. The quantitative estimate of drug-likeness (QED) is 0.468.